The van der Waals surface area contributed by atoms with Crippen molar-refractivity contribution in [2.75, 3.05) is 19.6 Å². The Kier molecular flexibility index (Phi) is 3.01. The zero-order valence-corrected chi connectivity index (χ0v) is 8.44. The zero-order valence-electron chi connectivity index (χ0n) is 7.69. The molecule has 4 heteroatoms. The summed E-state index contributed by atoms with van der Waals surface area (Å²) in [6, 6.07) is 4.59. The molecule has 0 amide bonds. The van der Waals surface area contributed by atoms with E-state index in [0.29, 0.717) is 5.02 Å². The molecular weight excluding hydrogens is 203 g/mol. The van der Waals surface area contributed by atoms with E-state index in [4.69, 9.17) is 11.6 Å². The van der Waals surface area contributed by atoms with Crippen LogP contribution in [0.2, 0.25) is 5.02 Å². The van der Waals surface area contributed by atoms with Crippen LogP contribution >= 0.6 is 11.6 Å². The van der Waals surface area contributed by atoms with Crippen LogP contribution in [0.15, 0.2) is 18.2 Å². The van der Waals surface area contributed by atoms with Crippen molar-refractivity contribution in [2.24, 2.45) is 0 Å². The Bertz CT molecular complexity index is 324. The number of rotatable bonds is 1. The first-order valence-electron chi connectivity index (χ1n) is 4.66. The minimum atomic E-state index is -0.239. The summed E-state index contributed by atoms with van der Waals surface area (Å²) in [6.07, 6.45) is 0. The maximum Gasteiger partial charge on any atom is 0.123 e. The summed E-state index contributed by atoms with van der Waals surface area (Å²) in [5.41, 5.74) is 0.832. The molecule has 2 N–H and O–H groups in total. The maximum atomic E-state index is 13.0. The van der Waals surface area contributed by atoms with Crippen LogP contribution in [0.3, 0.4) is 0 Å². The first-order chi connectivity index (χ1) is 6.77. The minimum absolute atomic E-state index is 0.118. The van der Waals surface area contributed by atoms with Crippen molar-refractivity contribution in [3.8, 4) is 0 Å². The molecule has 1 heterocycles. The van der Waals surface area contributed by atoms with Crippen molar-refractivity contribution in [3.63, 3.8) is 0 Å². The Morgan fingerprint density at radius 2 is 2.21 bits per heavy atom. The molecule has 1 aliphatic heterocycles. The van der Waals surface area contributed by atoms with Gasteiger partial charge in [-0.3, -0.25) is 0 Å². The third-order valence-corrected chi connectivity index (χ3v) is 2.72. The van der Waals surface area contributed by atoms with Gasteiger partial charge in [-0.2, -0.15) is 0 Å². The molecule has 1 saturated heterocycles. The lowest BCUT2D eigenvalue weighted by atomic mass is 10.1. The quantitative estimate of drug-likeness (QED) is 0.744. The molecule has 0 radical (unpaired) electrons. The highest BCUT2D eigenvalue weighted by molar-refractivity contribution is 6.31. The molecule has 0 bridgehead atoms. The first kappa shape index (κ1) is 9.90. The topological polar surface area (TPSA) is 24.1 Å². The highest BCUT2D eigenvalue weighted by atomic mass is 35.5. The normalized spacial score (nSPS) is 22.3. The molecule has 76 valence electrons. The highest BCUT2D eigenvalue weighted by Crippen LogP contribution is 2.24. The van der Waals surface area contributed by atoms with Crippen molar-refractivity contribution in [2.45, 2.75) is 6.04 Å². The lowest BCUT2D eigenvalue weighted by Crippen LogP contribution is -2.42. The molecular formula is C10H12ClFN2. The minimum Gasteiger partial charge on any atom is -0.314 e. The Labute approximate surface area is 87.5 Å². The summed E-state index contributed by atoms with van der Waals surface area (Å²) in [7, 11) is 0. The van der Waals surface area contributed by atoms with E-state index in [1.165, 1.54) is 12.1 Å². The summed E-state index contributed by atoms with van der Waals surface area (Å²) in [4.78, 5) is 0. The largest absolute Gasteiger partial charge is 0.314 e. The van der Waals surface area contributed by atoms with E-state index in [2.05, 4.69) is 10.6 Å². The van der Waals surface area contributed by atoms with E-state index >= 15 is 0 Å². The van der Waals surface area contributed by atoms with E-state index in [0.717, 1.165) is 25.2 Å². The van der Waals surface area contributed by atoms with Crippen LogP contribution in [0.1, 0.15) is 11.6 Å². The molecule has 0 spiro atoms. The van der Waals surface area contributed by atoms with Crippen molar-refractivity contribution >= 4 is 11.6 Å². The van der Waals surface area contributed by atoms with Gasteiger partial charge in [0, 0.05) is 30.7 Å². The van der Waals surface area contributed by atoms with Gasteiger partial charge < -0.3 is 10.6 Å². The van der Waals surface area contributed by atoms with E-state index in [1.807, 2.05) is 0 Å². The van der Waals surface area contributed by atoms with Gasteiger partial charge in [0.25, 0.3) is 0 Å². The van der Waals surface area contributed by atoms with E-state index in [9.17, 15) is 4.39 Å². The van der Waals surface area contributed by atoms with Crippen molar-refractivity contribution in [1.29, 1.82) is 0 Å². The van der Waals surface area contributed by atoms with Gasteiger partial charge in [-0.15, -0.1) is 0 Å². The smallest absolute Gasteiger partial charge is 0.123 e. The third kappa shape index (κ3) is 2.05. The van der Waals surface area contributed by atoms with Crippen LogP contribution in [0.5, 0.6) is 0 Å². The van der Waals surface area contributed by atoms with Crippen molar-refractivity contribution in [3.05, 3.63) is 34.6 Å². The average Bonchev–Trinajstić information content (AvgIpc) is 2.23. The first-order valence-corrected chi connectivity index (χ1v) is 5.04. The monoisotopic (exact) mass is 214 g/mol. The van der Waals surface area contributed by atoms with Crippen LogP contribution in [0.4, 0.5) is 4.39 Å². The zero-order chi connectivity index (χ0) is 9.97. The lowest BCUT2D eigenvalue weighted by molar-refractivity contribution is 0.429. The van der Waals surface area contributed by atoms with Crippen LogP contribution < -0.4 is 10.6 Å². The van der Waals surface area contributed by atoms with Crippen LogP contribution in [-0.4, -0.2) is 19.6 Å². The number of hydrogen-bond donors (Lipinski definition) is 2. The molecule has 0 aromatic heterocycles. The SMILES string of the molecule is Fc1ccc(Cl)c([C@H]2CNCCN2)c1. The summed E-state index contributed by atoms with van der Waals surface area (Å²) in [5.74, 6) is -0.239. The molecule has 1 fully saturated rings. The number of hydrogen-bond acceptors (Lipinski definition) is 2. The summed E-state index contributed by atoms with van der Waals surface area (Å²) < 4.78 is 13.0. The van der Waals surface area contributed by atoms with Crippen molar-refractivity contribution < 1.29 is 4.39 Å². The van der Waals surface area contributed by atoms with E-state index in [1.54, 1.807) is 6.07 Å². The van der Waals surface area contributed by atoms with Gasteiger partial charge in [0.1, 0.15) is 5.82 Å². The second-order valence-electron chi connectivity index (χ2n) is 3.38. The Morgan fingerprint density at radius 1 is 1.36 bits per heavy atom. The van der Waals surface area contributed by atoms with Crippen molar-refractivity contribution in [1.82, 2.24) is 10.6 Å². The average molecular weight is 215 g/mol. The Balaban J connectivity index is 2.24. The molecule has 0 unspecified atom stereocenters. The second-order valence-corrected chi connectivity index (χ2v) is 3.78. The van der Waals surface area contributed by atoms with Gasteiger partial charge >= 0.3 is 0 Å². The molecule has 0 aliphatic carbocycles. The molecule has 1 aliphatic rings. The lowest BCUT2D eigenvalue weighted by Gasteiger charge is -2.25. The van der Waals surface area contributed by atoms with Gasteiger partial charge in [-0.25, -0.2) is 4.39 Å². The molecule has 1 aromatic rings. The molecule has 2 rings (SSSR count). The molecule has 2 nitrogen and oxygen atoms in total. The van der Waals surface area contributed by atoms with Gasteiger partial charge in [0.15, 0.2) is 0 Å². The second kappa shape index (κ2) is 4.26. The molecule has 1 aromatic carbocycles. The fourth-order valence-electron chi connectivity index (χ4n) is 1.65. The van der Waals surface area contributed by atoms with Gasteiger partial charge in [-0.1, -0.05) is 11.6 Å². The third-order valence-electron chi connectivity index (χ3n) is 2.37. The Morgan fingerprint density at radius 3 is 2.93 bits per heavy atom. The summed E-state index contributed by atoms with van der Waals surface area (Å²) in [6.45, 7) is 2.63. The molecule has 14 heavy (non-hydrogen) atoms. The van der Waals surface area contributed by atoms with Gasteiger partial charge in [0.2, 0.25) is 0 Å². The van der Waals surface area contributed by atoms with Gasteiger partial charge in [0.05, 0.1) is 0 Å². The summed E-state index contributed by atoms with van der Waals surface area (Å²) in [5, 5.41) is 7.14. The van der Waals surface area contributed by atoms with Gasteiger partial charge in [-0.05, 0) is 23.8 Å². The van der Waals surface area contributed by atoms with E-state index < -0.39 is 0 Å². The summed E-state index contributed by atoms with van der Waals surface area (Å²) >= 11 is 6.00. The number of benzene rings is 1. The molecule has 1 atom stereocenters. The number of nitrogens with one attached hydrogen (secondary N) is 2. The number of piperazine rings is 1. The highest BCUT2D eigenvalue weighted by Gasteiger charge is 2.17. The standard InChI is InChI=1S/C10H12ClFN2/c11-9-2-1-7(12)5-8(9)10-6-13-3-4-14-10/h1-2,5,10,13-14H,3-4,6H2/t10-/m1/s1. The fraction of sp³-hybridized carbons (Fsp3) is 0.400. The fourth-order valence-corrected chi connectivity index (χ4v) is 1.90. The predicted octanol–water partition coefficient (Wildman–Crippen LogP) is 1.71. The van der Waals surface area contributed by atoms with Crippen LogP contribution in [0.25, 0.3) is 0 Å². The number of halogens is 2. The Hall–Kier alpha value is -0.640. The van der Waals surface area contributed by atoms with Crippen LogP contribution in [0, 0.1) is 5.82 Å². The predicted molar refractivity (Wildman–Crippen MR) is 55.0 cm³/mol. The van der Waals surface area contributed by atoms with Crippen LogP contribution in [-0.2, 0) is 0 Å². The maximum absolute atomic E-state index is 13.0. The van der Waals surface area contributed by atoms with E-state index in [-0.39, 0.29) is 11.9 Å². The molecule has 0 saturated carbocycles.